The summed E-state index contributed by atoms with van der Waals surface area (Å²) >= 11 is 0. The molecule has 0 spiro atoms. The van der Waals surface area contributed by atoms with Crippen molar-refractivity contribution in [2.75, 3.05) is 18.0 Å². The molecule has 10 heteroatoms. The summed E-state index contributed by atoms with van der Waals surface area (Å²) in [4.78, 5) is 2.41. The van der Waals surface area contributed by atoms with Gasteiger partial charge < -0.3 is 4.90 Å². The molecule has 1 saturated heterocycles. The first-order chi connectivity index (χ1) is 16.3. The van der Waals surface area contributed by atoms with Crippen LogP contribution in [0.25, 0.3) is 16.6 Å². The lowest BCUT2D eigenvalue weighted by Crippen LogP contribution is -2.37. The molecule has 4 aromatic rings. The predicted molar refractivity (Wildman–Crippen MR) is 129 cm³/mol. The number of hydrogen-bond donors (Lipinski definition) is 1. The SMILES string of the molecule is CCCn1cc(S(=O)(=O)N[C@H]2CCN(c3cc4cnn(-c5ccc(F)cc5)c4cc3C)C2)cn1. The summed E-state index contributed by atoms with van der Waals surface area (Å²) in [5, 5.41) is 9.60. The highest BCUT2D eigenvalue weighted by atomic mass is 32.2. The Labute approximate surface area is 198 Å². The summed E-state index contributed by atoms with van der Waals surface area (Å²) in [7, 11) is -3.62. The van der Waals surface area contributed by atoms with E-state index in [1.165, 1.54) is 18.3 Å². The van der Waals surface area contributed by atoms with E-state index < -0.39 is 10.0 Å². The summed E-state index contributed by atoms with van der Waals surface area (Å²) in [6, 6.07) is 10.2. The standard InChI is InChI=1S/C24H27FN6O2S/c1-3-9-30-16-22(14-26-30)34(32,33)28-20-8-10-29(15-20)23-12-18-13-27-31(24(18)11-17(23)2)21-6-4-19(25)5-7-21/h4-7,11-14,16,20,28H,3,8-10,15H2,1-2H3/t20-/m0/s1. The van der Waals surface area contributed by atoms with Crippen molar-refractivity contribution in [1.82, 2.24) is 24.3 Å². The molecule has 0 aliphatic carbocycles. The number of rotatable bonds is 7. The van der Waals surface area contributed by atoms with Crippen LogP contribution in [0.1, 0.15) is 25.3 Å². The third kappa shape index (κ3) is 4.30. The van der Waals surface area contributed by atoms with Crippen LogP contribution in [-0.4, -0.2) is 47.1 Å². The zero-order valence-corrected chi connectivity index (χ0v) is 20.0. The van der Waals surface area contributed by atoms with Gasteiger partial charge in [0.2, 0.25) is 10.0 Å². The van der Waals surface area contributed by atoms with E-state index in [2.05, 4.69) is 32.0 Å². The van der Waals surface area contributed by atoms with Crippen LogP contribution in [0, 0.1) is 12.7 Å². The molecule has 3 heterocycles. The molecule has 34 heavy (non-hydrogen) atoms. The van der Waals surface area contributed by atoms with E-state index in [1.54, 1.807) is 33.9 Å². The molecule has 1 aliphatic rings. The molecule has 1 N–H and O–H groups in total. The minimum absolute atomic E-state index is 0.184. The molecular formula is C24H27FN6O2S. The van der Waals surface area contributed by atoms with Gasteiger partial charge in [0.05, 0.1) is 23.6 Å². The van der Waals surface area contributed by atoms with Gasteiger partial charge in [0.1, 0.15) is 10.7 Å². The molecule has 8 nitrogen and oxygen atoms in total. The highest BCUT2D eigenvalue weighted by Crippen LogP contribution is 2.30. The van der Waals surface area contributed by atoms with Crippen molar-refractivity contribution in [2.45, 2.75) is 44.2 Å². The highest BCUT2D eigenvalue weighted by molar-refractivity contribution is 7.89. The smallest absolute Gasteiger partial charge is 0.244 e. The van der Waals surface area contributed by atoms with Crippen molar-refractivity contribution in [2.24, 2.45) is 0 Å². The summed E-state index contributed by atoms with van der Waals surface area (Å²) in [5.41, 5.74) is 3.86. The average Bonchev–Trinajstić information content (AvgIpc) is 3.54. The number of benzene rings is 2. The number of anilines is 1. The van der Waals surface area contributed by atoms with Crippen LogP contribution in [0.4, 0.5) is 10.1 Å². The topological polar surface area (TPSA) is 85.0 Å². The third-order valence-corrected chi connectivity index (χ3v) is 7.66. The van der Waals surface area contributed by atoms with E-state index in [9.17, 15) is 12.8 Å². The van der Waals surface area contributed by atoms with E-state index in [0.717, 1.165) is 40.8 Å². The van der Waals surface area contributed by atoms with E-state index >= 15 is 0 Å². The molecule has 5 rings (SSSR count). The van der Waals surface area contributed by atoms with E-state index in [4.69, 9.17) is 0 Å². The molecular weight excluding hydrogens is 455 g/mol. The predicted octanol–water partition coefficient (Wildman–Crippen LogP) is 3.64. The molecule has 0 saturated carbocycles. The zero-order valence-electron chi connectivity index (χ0n) is 19.1. The maximum atomic E-state index is 13.3. The van der Waals surface area contributed by atoms with Gasteiger partial charge in [0, 0.05) is 42.9 Å². The molecule has 2 aromatic carbocycles. The first-order valence-corrected chi connectivity index (χ1v) is 12.9. The largest absolute Gasteiger partial charge is 0.370 e. The maximum absolute atomic E-state index is 13.3. The van der Waals surface area contributed by atoms with Gasteiger partial charge >= 0.3 is 0 Å². The Morgan fingerprint density at radius 1 is 1.15 bits per heavy atom. The van der Waals surface area contributed by atoms with Crippen molar-refractivity contribution >= 4 is 26.6 Å². The molecule has 0 amide bonds. The lowest BCUT2D eigenvalue weighted by Gasteiger charge is -2.21. The van der Waals surface area contributed by atoms with Gasteiger partial charge in [-0.3, -0.25) is 4.68 Å². The number of sulfonamides is 1. The second kappa shape index (κ2) is 8.84. The summed E-state index contributed by atoms with van der Waals surface area (Å²) < 4.78 is 45.3. The second-order valence-electron chi connectivity index (χ2n) is 8.72. The van der Waals surface area contributed by atoms with Gasteiger partial charge in [0.15, 0.2) is 0 Å². The van der Waals surface area contributed by atoms with Crippen LogP contribution >= 0.6 is 0 Å². The minimum atomic E-state index is -3.62. The number of nitrogens with zero attached hydrogens (tertiary/aromatic N) is 5. The average molecular weight is 483 g/mol. The fourth-order valence-corrected chi connectivity index (χ4v) is 5.71. The molecule has 178 valence electrons. The summed E-state index contributed by atoms with van der Waals surface area (Å²) in [5.74, 6) is -0.285. The maximum Gasteiger partial charge on any atom is 0.244 e. The molecule has 1 aliphatic heterocycles. The molecule has 1 atom stereocenters. The van der Waals surface area contributed by atoms with E-state index in [1.807, 2.05) is 13.8 Å². The monoisotopic (exact) mass is 482 g/mol. The Morgan fingerprint density at radius 2 is 1.94 bits per heavy atom. The second-order valence-corrected chi connectivity index (χ2v) is 10.4. The fourth-order valence-electron chi connectivity index (χ4n) is 4.49. The van der Waals surface area contributed by atoms with Gasteiger partial charge in [-0.1, -0.05) is 6.92 Å². The van der Waals surface area contributed by atoms with Crippen LogP contribution < -0.4 is 9.62 Å². The Bertz CT molecular complexity index is 1430. The number of aryl methyl sites for hydroxylation is 2. The van der Waals surface area contributed by atoms with Crippen molar-refractivity contribution in [1.29, 1.82) is 0 Å². The van der Waals surface area contributed by atoms with Crippen LogP contribution in [-0.2, 0) is 16.6 Å². The van der Waals surface area contributed by atoms with Crippen LogP contribution in [0.15, 0.2) is 59.9 Å². The first-order valence-electron chi connectivity index (χ1n) is 11.4. The number of fused-ring (bicyclic) bond motifs is 1. The zero-order chi connectivity index (χ0) is 23.9. The third-order valence-electron chi connectivity index (χ3n) is 6.18. The first kappa shape index (κ1) is 22.5. The quantitative estimate of drug-likeness (QED) is 0.435. The molecule has 1 fully saturated rings. The molecule has 0 radical (unpaired) electrons. The Kier molecular flexibility index (Phi) is 5.86. The fraction of sp³-hybridized carbons (Fsp3) is 0.333. The summed E-state index contributed by atoms with van der Waals surface area (Å²) in [6.45, 7) is 6.08. The molecule has 0 bridgehead atoms. The van der Waals surface area contributed by atoms with Crippen molar-refractivity contribution < 1.29 is 12.8 Å². The Hall–Kier alpha value is -3.24. The van der Waals surface area contributed by atoms with Gasteiger partial charge in [0.25, 0.3) is 0 Å². The molecule has 2 aromatic heterocycles. The number of nitrogens with one attached hydrogen (secondary N) is 1. The molecule has 0 unspecified atom stereocenters. The summed E-state index contributed by atoms with van der Waals surface area (Å²) in [6.07, 6.45) is 6.39. The normalized spacial score (nSPS) is 16.6. The minimum Gasteiger partial charge on any atom is -0.370 e. The lowest BCUT2D eigenvalue weighted by molar-refractivity contribution is 0.560. The van der Waals surface area contributed by atoms with Gasteiger partial charge in [-0.15, -0.1) is 0 Å². The van der Waals surface area contributed by atoms with Crippen molar-refractivity contribution in [3.8, 4) is 5.69 Å². The number of halogens is 1. The lowest BCUT2D eigenvalue weighted by atomic mass is 10.1. The highest BCUT2D eigenvalue weighted by Gasteiger charge is 2.29. The van der Waals surface area contributed by atoms with Gasteiger partial charge in [-0.2, -0.15) is 10.2 Å². The number of aromatic nitrogens is 4. The van der Waals surface area contributed by atoms with Crippen molar-refractivity contribution in [3.63, 3.8) is 0 Å². The van der Waals surface area contributed by atoms with Gasteiger partial charge in [-0.25, -0.2) is 22.2 Å². The van der Waals surface area contributed by atoms with Crippen LogP contribution in [0.2, 0.25) is 0 Å². The van der Waals surface area contributed by atoms with Crippen LogP contribution in [0.5, 0.6) is 0 Å². The van der Waals surface area contributed by atoms with Gasteiger partial charge in [-0.05, 0) is 61.7 Å². The van der Waals surface area contributed by atoms with E-state index in [-0.39, 0.29) is 16.8 Å². The van der Waals surface area contributed by atoms with Crippen molar-refractivity contribution in [3.05, 3.63) is 66.4 Å². The van der Waals surface area contributed by atoms with E-state index in [0.29, 0.717) is 19.5 Å². The number of hydrogen-bond acceptors (Lipinski definition) is 5. The Morgan fingerprint density at radius 3 is 2.71 bits per heavy atom. The van der Waals surface area contributed by atoms with Crippen LogP contribution in [0.3, 0.4) is 0 Å². The Balaban J connectivity index is 1.33.